The van der Waals surface area contributed by atoms with Gasteiger partial charge in [0.15, 0.2) is 5.96 Å². The summed E-state index contributed by atoms with van der Waals surface area (Å²) in [5.74, 6) is 3.50. The first-order valence-corrected chi connectivity index (χ1v) is 7.62. The lowest BCUT2D eigenvalue weighted by Crippen LogP contribution is -2.66. The van der Waals surface area contributed by atoms with Crippen LogP contribution in [0, 0.1) is 12.3 Å². The average molecular weight is 420 g/mol. The SMILES string of the molecule is C#CCCN=C(NCC)N1CC(=O)N(C(C)C)C(C)(C)C1.I. The quantitative estimate of drug-likeness (QED) is 0.249. The van der Waals surface area contributed by atoms with Crippen LogP contribution in [0.2, 0.25) is 0 Å². The number of amides is 1. The van der Waals surface area contributed by atoms with Gasteiger partial charge in [-0.15, -0.1) is 36.3 Å². The summed E-state index contributed by atoms with van der Waals surface area (Å²) in [6, 6.07) is 0.204. The van der Waals surface area contributed by atoms with Crippen molar-refractivity contribution in [2.75, 3.05) is 26.2 Å². The molecule has 0 aromatic carbocycles. The van der Waals surface area contributed by atoms with E-state index in [1.165, 1.54) is 0 Å². The normalized spacial score (nSPS) is 18.0. The maximum atomic E-state index is 12.5. The zero-order valence-corrected chi connectivity index (χ0v) is 16.7. The molecular formula is C16H29IN4O. The van der Waals surface area contributed by atoms with Gasteiger partial charge in [0.25, 0.3) is 0 Å². The van der Waals surface area contributed by atoms with Crippen LogP contribution in [0.5, 0.6) is 0 Å². The number of terminal acetylenes is 1. The van der Waals surface area contributed by atoms with Crippen molar-refractivity contribution in [2.45, 2.75) is 52.6 Å². The number of hydrogen-bond donors (Lipinski definition) is 1. The van der Waals surface area contributed by atoms with Crippen LogP contribution in [0.4, 0.5) is 0 Å². The van der Waals surface area contributed by atoms with Crippen LogP contribution < -0.4 is 5.32 Å². The summed E-state index contributed by atoms with van der Waals surface area (Å²) in [7, 11) is 0. The molecule has 0 atom stereocenters. The number of guanidine groups is 1. The molecule has 6 heteroatoms. The van der Waals surface area contributed by atoms with Crippen molar-refractivity contribution < 1.29 is 4.79 Å². The van der Waals surface area contributed by atoms with Crippen molar-refractivity contribution in [3.05, 3.63) is 0 Å². The topological polar surface area (TPSA) is 47.9 Å². The Morgan fingerprint density at radius 3 is 2.59 bits per heavy atom. The molecule has 5 nitrogen and oxygen atoms in total. The van der Waals surface area contributed by atoms with Gasteiger partial charge in [0.2, 0.25) is 5.91 Å². The van der Waals surface area contributed by atoms with Crippen LogP contribution in [0.3, 0.4) is 0 Å². The molecule has 0 saturated carbocycles. The van der Waals surface area contributed by atoms with Crippen molar-refractivity contribution in [1.29, 1.82) is 0 Å². The van der Waals surface area contributed by atoms with E-state index in [0.29, 0.717) is 19.5 Å². The van der Waals surface area contributed by atoms with Gasteiger partial charge >= 0.3 is 0 Å². The summed E-state index contributed by atoms with van der Waals surface area (Å²) in [6.07, 6.45) is 5.88. The molecular weight excluding hydrogens is 391 g/mol. The van der Waals surface area contributed by atoms with Crippen molar-refractivity contribution >= 4 is 35.8 Å². The Kier molecular flexibility index (Phi) is 8.83. The number of nitrogens with one attached hydrogen (secondary N) is 1. The molecule has 0 aromatic heterocycles. The molecule has 0 radical (unpaired) electrons. The number of hydrogen-bond acceptors (Lipinski definition) is 2. The second kappa shape index (κ2) is 9.23. The van der Waals surface area contributed by atoms with Crippen molar-refractivity contribution in [2.24, 2.45) is 4.99 Å². The first-order chi connectivity index (χ1) is 9.83. The molecule has 126 valence electrons. The maximum absolute atomic E-state index is 12.5. The van der Waals surface area contributed by atoms with Crippen LogP contribution in [0.15, 0.2) is 4.99 Å². The van der Waals surface area contributed by atoms with Crippen molar-refractivity contribution in [3.8, 4) is 12.3 Å². The predicted octanol–water partition coefficient (Wildman–Crippen LogP) is 1.92. The summed E-state index contributed by atoms with van der Waals surface area (Å²) < 4.78 is 0. The van der Waals surface area contributed by atoms with E-state index >= 15 is 0 Å². The fourth-order valence-corrected chi connectivity index (χ4v) is 2.97. The van der Waals surface area contributed by atoms with Crippen LogP contribution in [0.25, 0.3) is 0 Å². The van der Waals surface area contributed by atoms with E-state index in [2.05, 4.69) is 43.9 Å². The molecule has 0 unspecified atom stereocenters. The summed E-state index contributed by atoms with van der Waals surface area (Å²) in [5, 5.41) is 3.25. The first-order valence-electron chi connectivity index (χ1n) is 7.62. The minimum atomic E-state index is -0.216. The Morgan fingerprint density at radius 1 is 1.50 bits per heavy atom. The standard InChI is InChI=1S/C16H28N4O.HI/c1-7-9-10-18-15(17-8-2)19-11-14(21)20(13(3)4)16(5,6)12-19;/h1,13H,8-12H2,2-6H3,(H,17,18);1H. The Balaban J connectivity index is 0.00000441. The molecule has 0 aliphatic carbocycles. The Labute approximate surface area is 151 Å². The molecule has 1 rings (SSSR count). The molecule has 1 aliphatic heterocycles. The fraction of sp³-hybridized carbons (Fsp3) is 0.750. The zero-order chi connectivity index (χ0) is 16.0. The van der Waals surface area contributed by atoms with Crippen LogP contribution in [0.1, 0.15) is 41.0 Å². The number of nitrogens with zero attached hydrogens (tertiary/aromatic N) is 3. The summed E-state index contributed by atoms with van der Waals surface area (Å²) in [5.41, 5.74) is -0.216. The van der Waals surface area contributed by atoms with E-state index in [-0.39, 0.29) is 41.5 Å². The predicted molar refractivity (Wildman–Crippen MR) is 102 cm³/mol. The zero-order valence-electron chi connectivity index (χ0n) is 14.3. The molecule has 0 bridgehead atoms. The maximum Gasteiger partial charge on any atom is 0.242 e. The summed E-state index contributed by atoms with van der Waals surface area (Å²) >= 11 is 0. The lowest BCUT2D eigenvalue weighted by Gasteiger charge is -2.49. The van der Waals surface area contributed by atoms with Gasteiger partial charge in [-0.25, -0.2) is 0 Å². The Morgan fingerprint density at radius 2 is 2.14 bits per heavy atom. The van der Waals surface area contributed by atoms with Gasteiger partial charge in [-0.2, -0.15) is 0 Å². The Hall–Kier alpha value is -0.970. The van der Waals surface area contributed by atoms with Gasteiger partial charge in [0, 0.05) is 25.6 Å². The molecule has 1 fully saturated rings. The highest BCUT2D eigenvalue weighted by atomic mass is 127. The fourth-order valence-electron chi connectivity index (χ4n) is 2.97. The average Bonchev–Trinajstić information content (AvgIpc) is 2.35. The van der Waals surface area contributed by atoms with Gasteiger partial charge in [-0.05, 0) is 34.6 Å². The van der Waals surface area contributed by atoms with Gasteiger partial charge in [0.1, 0.15) is 0 Å². The molecule has 1 amide bonds. The summed E-state index contributed by atoms with van der Waals surface area (Å²) in [6.45, 7) is 12.8. The number of aliphatic imine (C=N–C) groups is 1. The van der Waals surface area contributed by atoms with Gasteiger partial charge < -0.3 is 15.1 Å². The van der Waals surface area contributed by atoms with E-state index in [4.69, 9.17) is 6.42 Å². The van der Waals surface area contributed by atoms with E-state index in [9.17, 15) is 4.79 Å². The highest BCUT2D eigenvalue weighted by molar-refractivity contribution is 14.0. The monoisotopic (exact) mass is 420 g/mol. The number of piperazine rings is 1. The second-order valence-corrected chi connectivity index (χ2v) is 6.22. The number of rotatable bonds is 4. The van der Waals surface area contributed by atoms with Gasteiger partial charge in [-0.3, -0.25) is 9.79 Å². The molecule has 1 heterocycles. The van der Waals surface area contributed by atoms with Crippen molar-refractivity contribution in [1.82, 2.24) is 15.1 Å². The lowest BCUT2D eigenvalue weighted by atomic mass is 9.96. The largest absolute Gasteiger partial charge is 0.357 e. The lowest BCUT2D eigenvalue weighted by molar-refractivity contribution is -0.145. The third-order valence-electron chi connectivity index (χ3n) is 3.49. The molecule has 1 saturated heterocycles. The van der Waals surface area contributed by atoms with Gasteiger partial charge in [0.05, 0.1) is 18.6 Å². The molecule has 1 aliphatic rings. The third-order valence-corrected chi connectivity index (χ3v) is 3.49. The minimum absolute atomic E-state index is 0. The van der Waals surface area contributed by atoms with E-state index < -0.39 is 0 Å². The first kappa shape index (κ1) is 21.0. The van der Waals surface area contributed by atoms with E-state index in [1.807, 2.05) is 16.7 Å². The minimum Gasteiger partial charge on any atom is -0.357 e. The Bertz CT molecular complexity index is 440. The number of carbonyl (C=O) groups excluding carboxylic acids is 1. The van der Waals surface area contributed by atoms with E-state index in [0.717, 1.165) is 19.0 Å². The third kappa shape index (κ3) is 5.34. The van der Waals surface area contributed by atoms with E-state index in [1.54, 1.807) is 0 Å². The number of halogens is 1. The van der Waals surface area contributed by atoms with Crippen LogP contribution in [-0.2, 0) is 4.79 Å². The van der Waals surface area contributed by atoms with Crippen LogP contribution in [-0.4, -0.2) is 59.4 Å². The molecule has 22 heavy (non-hydrogen) atoms. The molecule has 0 spiro atoms. The smallest absolute Gasteiger partial charge is 0.242 e. The van der Waals surface area contributed by atoms with Crippen molar-refractivity contribution in [3.63, 3.8) is 0 Å². The highest BCUT2D eigenvalue weighted by Gasteiger charge is 2.40. The summed E-state index contributed by atoms with van der Waals surface area (Å²) in [4.78, 5) is 21.0. The number of carbonyl (C=O) groups is 1. The molecule has 0 aromatic rings. The second-order valence-electron chi connectivity index (χ2n) is 6.22. The van der Waals surface area contributed by atoms with Crippen LogP contribution >= 0.6 is 24.0 Å². The van der Waals surface area contributed by atoms with Gasteiger partial charge in [-0.1, -0.05) is 0 Å². The highest BCUT2D eigenvalue weighted by Crippen LogP contribution is 2.24. The molecule has 1 N–H and O–H groups in total.